The molecule has 0 bridgehead atoms. The largest absolute Gasteiger partial charge is 0.384 e. The average molecular weight is 288 g/mol. The number of halogens is 1. The molecule has 6 heteroatoms. The molecule has 102 valence electrons. The number of hydrogen-bond donors (Lipinski definition) is 2. The van der Waals surface area contributed by atoms with Gasteiger partial charge in [0.2, 0.25) is 0 Å². The first-order chi connectivity index (χ1) is 9.83. The minimum Gasteiger partial charge on any atom is -0.384 e. The summed E-state index contributed by atoms with van der Waals surface area (Å²) in [6.07, 6.45) is 5.18. The van der Waals surface area contributed by atoms with Crippen molar-refractivity contribution in [3.05, 3.63) is 47.6 Å². The average Bonchev–Trinajstić information content (AvgIpc) is 2.96. The fourth-order valence-electron chi connectivity index (χ4n) is 2.11. The van der Waals surface area contributed by atoms with Crippen LogP contribution in [0.5, 0.6) is 0 Å². The molecule has 3 rings (SSSR count). The maximum atomic E-state index is 5.98. The Morgan fingerprint density at radius 3 is 3.00 bits per heavy atom. The molecular formula is C14H14ClN5. The van der Waals surface area contributed by atoms with Gasteiger partial charge in [0.1, 0.15) is 12.2 Å². The van der Waals surface area contributed by atoms with E-state index in [1.54, 1.807) is 6.20 Å². The molecular weight excluding hydrogens is 274 g/mol. The highest BCUT2D eigenvalue weighted by molar-refractivity contribution is 6.31. The third kappa shape index (κ3) is 2.88. The molecule has 0 aliphatic heterocycles. The lowest BCUT2D eigenvalue weighted by Gasteiger charge is -2.09. The third-order valence-electron chi connectivity index (χ3n) is 3.08. The van der Waals surface area contributed by atoms with Crippen molar-refractivity contribution in [1.82, 2.24) is 20.2 Å². The first-order valence-electron chi connectivity index (χ1n) is 6.45. The van der Waals surface area contributed by atoms with E-state index in [1.165, 1.54) is 6.33 Å². The number of benzene rings is 1. The summed E-state index contributed by atoms with van der Waals surface area (Å²) in [5.74, 6) is 0.915. The number of anilines is 1. The van der Waals surface area contributed by atoms with Crippen LogP contribution in [0.2, 0.25) is 5.02 Å². The van der Waals surface area contributed by atoms with Crippen LogP contribution >= 0.6 is 11.6 Å². The van der Waals surface area contributed by atoms with Gasteiger partial charge in [0.05, 0.1) is 5.52 Å². The van der Waals surface area contributed by atoms with Gasteiger partial charge < -0.3 is 5.32 Å². The molecule has 0 saturated heterocycles. The molecule has 3 aromatic rings. The second-order valence-corrected chi connectivity index (χ2v) is 4.92. The number of hydrogen-bond acceptors (Lipinski definition) is 4. The number of H-pyrrole nitrogens is 1. The van der Waals surface area contributed by atoms with E-state index in [4.69, 9.17) is 11.6 Å². The molecule has 0 spiro atoms. The van der Waals surface area contributed by atoms with Gasteiger partial charge >= 0.3 is 0 Å². The Morgan fingerprint density at radius 2 is 2.15 bits per heavy atom. The van der Waals surface area contributed by atoms with E-state index in [2.05, 4.69) is 25.5 Å². The van der Waals surface area contributed by atoms with E-state index in [-0.39, 0.29) is 0 Å². The van der Waals surface area contributed by atoms with Crippen molar-refractivity contribution >= 4 is 28.2 Å². The minimum absolute atomic E-state index is 0.701. The van der Waals surface area contributed by atoms with Crippen molar-refractivity contribution in [3.63, 3.8) is 0 Å². The van der Waals surface area contributed by atoms with Crippen LogP contribution in [-0.4, -0.2) is 26.7 Å². The summed E-state index contributed by atoms with van der Waals surface area (Å²) in [7, 11) is 0. The lowest BCUT2D eigenvalue weighted by molar-refractivity contribution is 0.806. The van der Waals surface area contributed by atoms with Crippen molar-refractivity contribution in [2.75, 3.05) is 11.9 Å². The number of aromatic amines is 1. The number of nitrogens with zero attached hydrogens (tertiary/aromatic N) is 3. The van der Waals surface area contributed by atoms with E-state index in [9.17, 15) is 0 Å². The van der Waals surface area contributed by atoms with E-state index in [1.807, 2.05) is 24.3 Å². The molecule has 2 aromatic heterocycles. The van der Waals surface area contributed by atoms with E-state index < -0.39 is 0 Å². The number of nitrogens with one attached hydrogen (secondary N) is 2. The summed E-state index contributed by atoms with van der Waals surface area (Å²) in [5, 5.41) is 11.9. The number of fused-ring (bicyclic) bond motifs is 1. The molecule has 1 aromatic carbocycles. The minimum atomic E-state index is 0.701. The van der Waals surface area contributed by atoms with Crippen LogP contribution in [0.15, 0.2) is 36.8 Å². The molecule has 0 atom stereocenters. The molecule has 0 unspecified atom stereocenters. The van der Waals surface area contributed by atoms with Gasteiger partial charge in [-0.1, -0.05) is 11.6 Å². The summed E-state index contributed by atoms with van der Waals surface area (Å²) in [4.78, 5) is 8.43. The van der Waals surface area contributed by atoms with Crippen LogP contribution < -0.4 is 5.32 Å². The fraction of sp³-hybridized carbons (Fsp3) is 0.214. The van der Waals surface area contributed by atoms with Crippen molar-refractivity contribution in [2.24, 2.45) is 0 Å². The Kier molecular flexibility index (Phi) is 3.78. The Hall–Kier alpha value is -2.14. The van der Waals surface area contributed by atoms with Gasteiger partial charge in [0, 0.05) is 35.3 Å². The van der Waals surface area contributed by atoms with E-state index in [0.29, 0.717) is 5.02 Å². The lowest BCUT2D eigenvalue weighted by atomic mass is 10.2. The summed E-state index contributed by atoms with van der Waals surface area (Å²) in [6, 6.07) is 7.72. The molecule has 0 radical (unpaired) electrons. The summed E-state index contributed by atoms with van der Waals surface area (Å²) in [5.41, 5.74) is 1.97. The lowest BCUT2D eigenvalue weighted by Crippen LogP contribution is -2.04. The molecule has 0 aliphatic rings. The van der Waals surface area contributed by atoms with Gasteiger partial charge in [0.15, 0.2) is 0 Å². The zero-order chi connectivity index (χ0) is 13.8. The molecule has 0 aliphatic carbocycles. The van der Waals surface area contributed by atoms with Crippen LogP contribution in [0, 0.1) is 0 Å². The summed E-state index contributed by atoms with van der Waals surface area (Å²) < 4.78 is 0. The SMILES string of the molecule is Clc1ccc2c(NCCCc3ncn[nH]3)ccnc2c1. The molecule has 20 heavy (non-hydrogen) atoms. The quantitative estimate of drug-likeness (QED) is 0.708. The Labute approximate surface area is 121 Å². The first kappa shape index (κ1) is 12.9. The fourth-order valence-corrected chi connectivity index (χ4v) is 2.27. The van der Waals surface area contributed by atoms with Gasteiger partial charge in [-0.3, -0.25) is 10.1 Å². The number of aryl methyl sites for hydroxylation is 1. The highest BCUT2D eigenvalue weighted by Crippen LogP contribution is 2.24. The molecule has 0 amide bonds. The summed E-state index contributed by atoms with van der Waals surface area (Å²) >= 11 is 5.98. The topological polar surface area (TPSA) is 66.5 Å². The summed E-state index contributed by atoms with van der Waals surface area (Å²) in [6.45, 7) is 0.864. The Morgan fingerprint density at radius 1 is 1.20 bits per heavy atom. The number of aromatic nitrogens is 4. The van der Waals surface area contributed by atoms with Gasteiger partial charge in [-0.15, -0.1) is 0 Å². The molecule has 0 saturated carbocycles. The zero-order valence-electron chi connectivity index (χ0n) is 10.8. The maximum absolute atomic E-state index is 5.98. The van der Waals surface area contributed by atoms with E-state index in [0.717, 1.165) is 41.8 Å². The monoisotopic (exact) mass is 287 g/mol. The normalized spacial score (nSPS) is 10.8. The van der Waals surface area contributed by atoms with Crippen molar-refractivity contribution in [3.8, 4) is 0 Å². The zero-order valence-corrected chi connectivity index (χ0v) is 11.6. The highest BCUT2D eigenvalue weighted by atomic mass is 35.5. The standard InChI is InChI=1S/C14H14ClN5/c15-10-3-4-11-12(5-7-17-13(11)8-10)16-6-1-2-14-18-9-19-20-14/h3-5,7-9H,1-2,6H2,(H,16,17)(H,18,19,20). The Balaban J connectivity index is 1.65. The van der Waals surface area contributed by atoms with E-state index >= 15 is 0 Å². The first-order valence-corrected chi connectivity index (χ1v) is 6.83. The van der Waals surface area contributed by atoms with Gasteiger partial charge in [-0.25, -0.2) is 4.98 Å². The van der Waals surface area contributed by atoms with Crippen LogP contribution in [-0.2, 0) is 6.42 Å². The van der Waals surface area contributed by atoms with Crippen LogP contribution in [0.1, 0.15) is 12.2 Å². The van der Waals surface area contributed by atoms with Gasteiger partial charge in [0.25, 0.3) is 0 Å². The maximum Gasteiger partial charge on any atom is 0.137 e. The highest BCUT2D eigenvalue weighted by Gasteiger charge is 2.02. The predicted octanol–water partition coefficient (Wildman–Crippen LogP) is 3.05. The third-order valence-corrected chi connectivity index (χ3v) is 3.31. The van der Waals surface area contributed by atoms with Crippen LogP contribution in [0.3, 0.4) is 0 Å². The second-order valence-electron chi connectivity index (χ2n) is 4.48. The van der Waals surface area contributed by atoms with Gasteiger partial charge in [-0.05, 0) is 30.7 Å². The number of pyridine rings is 1. The number of rotatable bonds is 5. The Bertz CT molecular complexity index is 696. The predicted molar refractivity (Wildman–Crippen MR) is 79.9 cm³/mol. The molecule has 2 heterocycles. The van der Waals surface area contributed by atoms with Crippen molar-refractivity contribution in [1.29, 1.82) is 0 Å². The molecule has 0 fully saturated rings. The second kappa shape index (κ2) is 5.88. The molecule has 2 N–H and O–H groups in total. The van der Waals surface area contributed by atoms with Crippen molar-refractivity contribution in [2.45, 2.75) is 12.8 Å². The van der Waals surface area contributed by atoms with Crippen molar-refractivity contribution < 1.29 is 0 Å². The van der Waals surface area contributed by atoms with Crippen LogP contribution in [0.25, 0.3) is 10.9 Å². The smallest absolute Gasteiger partial charge is 0.137 e. The molecule has 5 nitrogen and oxygen atoms in total. The van der Waals surface area contributed by atoms with Crippen LogP contribution in [0.4, 0.5) is 5.69 Å². The van der Waals surface area contributed by atoms with Gasteiger partial charge in [-0.2, -0.15) is 5.10 Å².